The van der Waals surface area contributed by atoms with Crippen LogP contribution in [0.5, 0.6) is 0 Å². The molecule has 0 spiro atoms. The van der Waals surface area contributed by atoms with Crippen LogP contribution in [0.25, 0.3) is 0 Å². The maximum Gasteiger partial charge on any atom is 0.390 e. The lowest BCUT2D eigenvalue weighted by Crippen LogP contribution is -2.39. The maximum absolute atomic E-state index is 12.0. The smallest absolute Gasteiger partial charge is 0.357 e. The third-order valence-electron chi connectivity index (χ3n) is 2.22. The number of rotatable bonds is 6. The van der Waals surface area contributed by atoms with E-state index in [0.717, 1.165) is 0 Å². The lowest BCUT2D eigenvalue weighted by molar-refractivity contribution is -0.132. The average molecular weight is 285 g/mol. The molecule has 0 unspecified atom stereocenters. The van der Waals surface area contributed by atoms with Gasteiger partial charge in [-0.15, -0.1) is 0 Å². The molecule has 18 heavy (non-hydrogen) atoms. The van der Waals surface area contributed by atoms with Crippen molar-refractivity contribution in [3.8, 4) is 0 Å². The molecule has 3 nitrogen and oxygen atoms in total. The Morgan fingerprint density at radius 1 is 1.22 bits per heavy atom. The molecule has 108 valence electrons. The summed E-state index contributed by atoms with van der Waals surface area (Å²) >= 11 is 1.67. The zero-order valence-electron chi connectivity index (χ0n) is 11.3. The van der Waals surface area contributed by atoms with Crippen molar-refractivity contribution in [3.05, 3.63) is 0 Å². The van der Waals surface area contributed by atoms with Crippen LogP contribution >= 0.6 is 11.8 Å². The van der Waals surface area contributed by atoms with Crippen molar-refractivity contribution in [2.75, 3.05) is 25.9 Å². The molecule has 0 aromatic carbocycles. The summed E-state index contributed by atoms with van der Waals surface area (Å²) in [5, 5.41) is 5.61. The maximum atomic E-state index is 12.0. The van der Waals surface area contributed by atoms with E-state index < -0.39 is 12.6 Å². The van der Waals surface area contributed by atoms with Crippen LogP contribution < -0.4 is 10.6 Å². The highest BCUT2D eigenvalue weighted by atomic mass is 32.2. The Hall–Kier alpha value is -0.590. The van der Waals surface area contributed by atoms with Crippen molar-refractivity contribution in [1.82, 2.24) is 10.6 Å². The van der Waals surface area contributed by atoms with Gasteiger partial charge in [0.05, 0.1) is 13.0 Å². The van der Waals surface area contributed by atoms with Gasteiger partial charge in [-0.3, -0.25) is 4.99 Å². The molecular formula is C11H22F3N3S. The molecule has 0 aliphatic heterocycles. The molecule has 0 aromatic heterocycles. The van der Waals surface area contributed by atoms with Crippen LogP contribution in [0.4, 0.5) is 13.2 Å². The summed E-state index contributed by atoms with van der Waals surface area (Å²) in [6.07, 6.45) is -3.01. The van der Waals surface area contributed by atoms with Gasteiger partial charge in [0, 0.05) is 17.8 Å². The molecule has 0 saturated carbocycles. The third kappa shape index (κ3) is 9.44. The number of thioether (sulfide) groups is 1. The molecular weight excluding hydrogens is 263 g/mol. The molecule has 0 bridgehead atoms. The van der Waals surface area contributed by atoms with E-state index >= 15 is 0 Å². The quantitative estimate of drug-likeness (QED) is 0.582. The van der Waals surface area contributed by atoms with Crippen molar-refractivity contribution in [3.63, 3.8) is 0 Å². The minimum Gasteiger partial charge on any atom is -0.357 e. The normalized spacial score (nSPS) is 13.6. The van der Waals surface area contributed by atoms with Gasteiger partial charge < -0.3 is 10.6 Å². The molecule has 0 aromatic rings. The molecule has 0 radical (unpaired) electrons. The predicted molar refractivity (Wildman–Crippen MR) is 72.2 cm³/mol. The topological polar surface area (TPSA) is 36.4 Å². The Balaban J connectivity index is 4.25. The summed E-state index contributed by atoms with van der Waals surface area (Å²) < 4.78 is 36.0. The Labute approximate surface area is 111 Å². The van der Waals surface area contributed by atoms with Crippen LogP contribution in [0.2, 0.25) is 0 Å². The molecule has 0 atom stereocenters. The second-order valence-electron chi connectivity index (χ2n) is 4.45. The summed E-state index contributed by atoms with van der Waals surface area (Å²) in [6, 6.07) is 0. The second-order valence-corrected chi connectivity index (χ2v) is 5.96. The fourth-order valence-electron chi connectivity index (χ4n) is 0.998. The van der Waals surface area contributed by atoms with E-state index in [9.17, 15) is 13.2 Å². The van der Waals surface area contributed by atoms with Gasteiger partial charge in [-0.05, 0) is 27.0 Å². The predicted octanol–water partition coefficient (Wildman–Crippen LogP) is 2.64. The van der Waals surface area contributed by atoms with E-state index in [1.807, 2.05) is 27.0 Å². The number of nitrogens with zero attached hydrogens (tertiary/aromatic N) is 1. The summed E-state index contributed by atoms with van der Waals surface area (Å²) in [6.45, 7) is 6.98. The first kappa shape index (κ1) is 17.4. The minimum absolute atomic E-state index is 0.0214. The van der Waals surface area contributed by atoms with Crippen LogP contribution in [-0.2, 0) is 0 Å². The van der Waals surface area contributed by atoms with E-state index in [0.29, 0.717) is 19.0 Å². The van der Waals surface area contributed by atoms with Gasteiger partial charge in [-0.25, -0.2) is 0 Å². The number of hydrogen-bond acceptors (Lipinski definition) is 2. The van der Waals surface area contributed by atoms with Gasteiger partial charge in [0.15, 0.2) is 5.96 Å². The average Bonchev–Trinajstić information content (AvgIpc) is 2.24. The first-order valence-corrected chi connectivity index (χ1v) is 7.07. The summed E-state index contributed by atoms with van der Waals surface area (Å²) in [7, 11) is 0. The Morgan fingerprint density at radius 2 is 1.83 bits per heavy atom. The molecule has 0 aliphatic carbocycles. The fourth-order valence-corrected chi connectivity index (χ4v) is 1.19. The van der Waals surface area contributed by atoms with E-state index in [1.165, 1.54) is 0 Å². The number of hydrogen-bond donors (Lipinski definition) is 2. The van der Waals surface area contributed by atoms with Crippen molar-refractivity contribution in [2.45, 2.75) is 38.1 Å². The molecule has 0 fully saturated rings. The summed E-state index contributed by atoms with van der Waals surface area (Å²) in [5.74, 6) is 0.434. The van der Waals surface area contributed by atoms with Gasteiger partial charge in [-0.1, -0.05) is 0 Å². The zero-order valence-corrected chi connectivity index (χ0v) is 12.1. The summed E-state index contributed by atoms with van der Waals surface area (Å²) in [5.41, 5.74) is 0. The second kappa shape index (κ2) is 7.76. The third-order valence-corrected chi connectivity index (χ3v) is 3.45. The van der Waals surface area contributed by atoms with Gasteiger partial charge in [-0.2, -0.15) is 24.9 Å². The summed E-state index contributed by atoms with van der Waals surface area (Å²) in [4.78, 5) is 4.28. The van der Waals surface area contributed by atoms with Gasteiger partial charge in [0.25, 0.3) is 0 Å². The fraction of sp³-hybridized carbons (Fsp3) is 0.909. The van der Waals surface area contributed by atoms with Crippen molar-refractivity contribution >= 4 is 17.7 Å². The standard InChI is InChI=1S/C11H22F3N3S/c1-5-15-9(16-7-6-11(12,13)14)17-8-10(2,3)18-4/h5-8H2,1-4H3,(H2,15,16,17). The number of halogens is 3. The van der Waals surface area contributed by atoms with Crippen molar-refractivity contribution in [2.24, 2.45) is 4.99 Å². The van der Waals surface area contributed by atoms with Crippen LogP contribution in [-0.4, -0.2) is 42.8 Å². The monoisotopic (exact) mass is 285 g/mol. The Kier molecular flexibility index (Phi) is 7.51. The molecule has 2 N–H and O–H groups in total. The van der Waals surface area contributed by atoms with Gasteiger partial charge >= 0.3 is 6.18 Å². The number of nitrogens with one attached hydrogen (secondary N) is 2. The minimum atomic E-state index is -4.14. The van der Waals surface area contributed by atoms with Crippen LogP contribution in [0.15, 0.2) is 4.99 Å². The van der Waals surface area contributed by atoms with Gasteiger partial charge in [0.2, 0.25) is 0 Å². The highest BCUT2D eigenvalue weighted by Crippen LogP contribution is 2.21. The highest BCUT2D eigenvalue weighted by Gasteiger charge is 2.26. The van der Waals surface area contributed by atoms with Crippen LogP contribution in [0, 0.1) is 0 Å². The van der Waals surface area contributed by atoms with Gasteiger partial charge in [0.1, 0.15) is 0 Å². The first-order valence-electron chi connectivity index (χ1n) is 5.84. The van der Waals surface area contributed by atoms with Crippen LogP contribution in [0.3, 0.4) is 0 Å². The van der Waals surface area contributed by atoms with E-state index in [1.54, 1.807) is 11.8 Å². The molecule has 0 rings (SSSR count). The largest absolute Gasteiger partial charge is 0.390 e. The lowest BCUT2D eigenvalue weighted by atomic mass is 10.2. The van der Waals surface area contributed by atoms with E-state index in [-0.39, 0.29) is 11.3 Å². The SMILES string of the molecule is CCNC(=NCC(C)(C)SC)NCCC(F)(F)F. The number of guanidine groups is 1. The number of alkyl halides is 3. The lowest BCUT2D eigenvalue weighted by Gasteiger charge is -2.20. The Morgan fingerprint density at radius 3 is 2.28 bits per heavy atom. The first-order chi connectivity index (χ1) is 8.20. The van der Waals surface area contributed by atoms with Crippen molar-refractivity contribution < 1.29 is 13.2 Å². The van der Waals surface area contributed by atoms with E-state index in [2.05, 4.69) is 15.6 Å². The van der Waals surface area contributed by atoms with E-state index in [4.69, 9.17) is 0 Å². The zero-order chi connectivity index (χ0) is 14.2. The molecule has 0 amide bonds. The molecule has 0 saturated heterocycles. The number of aliphatic imine (C=N–C) groups is 1. The highest BCUT2D eigenvalue weighted by molar-refractivity contribution is 7.99. The van der Waals surface area contributed by atoms with Crippen molar-refractivity contribution in [1.29, 1.82) is 0 Å². The van der Waals surface area contributed by atoms with Crippen LogP contribution in [0.1, 0.15) is 27.2 Å². The Bertz CT molecular complexity index is 265. The molecule has 7 heteroatoms. The molecule has 0 aliphatic rings. The molecule has 0 heterocycles.